The highest BCUT2D eigenvalue weighted by atomic mass is 16.4. The van der Waals surface area contributed by atoms with Gasteiger partial charge in [0.1, 0.15) is 17.7 Å². The molecular formula is C13H20N4O2. The zero-order valence-corrected chi connectivity index (χ0v) is 11.4. The predicted octanol–water partition coefficient (Wildman–Crippen LogP) is 1.10. The fourth-order valence-electron chi connectivity index (χ4n) is 2.70. The van der Waals surface area contributed by atoms with Crippen molar-refractivity contribution >= 4 is 11.8 Å². The molecule has 1 aromatic heterocycles. The zero-order valence-electron chi connectivity index (χ0n) is 11.4. The van der Waals surface area contributed by atoms with Crippen LogP contribution in [0.25, 0.3) is 0 Å². The first-order chi connectivity index (χ1) is 9.13. The third-order valence-corrected chi connectivity index (χ3v) is 3.67. The lowest BCUT2D eigenvalue weighted by Crippen LogP contribution is -2.39. The molecule has 6 nitrogen and oxygen atoms in total. The number of rotatable bonds is 5. The molecule has 1 unspecified atom stereocenters. The van der Waals surface area contributed by atoms with Gasteiger partial charge in [0.25, 0.3) is 0 Å². The van der Waals surface area contributed by atoms with Crippen molar-refractivity contribution in [3.05, 3.63) is 18.1 Å². The molecule has 1 N–H and O–H groups in total. The highest BCUT2D eigenvalue weighted by Crippen LogP contribution is 2.21. The molecule has 1 atom stereocenters. The molecule has 6 heteroatoms. The van der Waals surface area contributed by atoms with Crippen molar-refractivity contribution in [3.63, 3.8) is 0 Å². The average Bonchev–Trinajstić information content (AvgIpc) is 2.85. The summed E-state index contributed by atoms with van der Waals surface area (Å²) in [5.74, 6) is -0.494. The van der Waals surface area contributed by atoms with Crippen molar-refractivity contribution in [2.75, 3.05) is 31.6 Å². The number of anilines is 1. The van der Waals surface area contributed by atoms with Crippen molar-refractivity contribution in [3.8, 4) is 0 Å². The summed E-state index contributed by atoms with van der Waals surface area (Å²) in [4.78, 5) is 23.4. The van der Waals surface area contributed by atoms with E-state index in [0.717, 1.165) is 26.1 Å². The molecule has 2 rings (SSSR count). The van der Waals surface area contributed by atoms with Gasteiger partial charge in [-0.25, -0.2) is 14.8 Å². The Bertz CT molecular complexity index is 452. The van der Waals surface area contributed by atoms with Gasteiger partial charge < -0.3 is 10.0 Å². The summed E-state index contributed by atoms with van der Waals surface area (Å²) in [6, 6.07) is 0.478. The second-order valence-electron chi connectivity index (χ2n) is 4.87. The molecule has 0 saturated carbocycles. The first kappa shape index (κ1) is 13.7. The third kappa shape index (κ3) is 3.01. The zero-order chi connectivity index (χ0) is 13.8. The SMILES string of the molecule is CCN1CCCC1CN(C)c1ncncc1C(=O)O. The molecule has 0 radical (unpaired) electrons. The van der Waals surface area contributed by atoms with Crippen molar-refractivity contribution in [1.29, 1.82) is 0 Å². The van der Waals surface area contributed by atoms with Gasteiger partial charge in [0.15, 0.2) is 0 Å². The first-order valence-corrected chi connectivity index (χ1v) is 6.62. The molecule has 1 saturated heterocycles. The van der Waals surface area contributed by atoms with E-state index < -0.39 is 5.97 Å². The maximum absolute atomic E-state index is 11.2. The minimum atomic E-state index is -0.985. The number of hydrogen-bond donors (Lipinski definition) is 1. The van der Waals surface area contributed by atoms with Crippen LogP contribution in [-0.2, 0) is 0 Å². The second-order valence-corrected chi connectivity index (χ2v) is 4.87. The quantitative estimate of drug-likeness (QED) is 0.858. The van der Waals surface area contributed by atoms with Gasteiger partial charge in [0.05, 0.1) is 0 Å². The maximum atomic E-state index is 11.2. The fourth-order valence-corrected chi connectivity index (χ4v) is 2.70. The third-order valence-electron chi connectivity index (χ3n) is 3.67. The van der Waals surface area contributed by atoms with Gasteiger partial charge >= 0.3 is 5.97 Å². The van der Waals surface area contributed by atoms with E-state index in [-0.39, 0.29) is 5.56 Å². The largest absolute Gasteiger partial charge is 0.477 e. The van der Waals surface area contributed by atoms with Gasteiger partial charge in [0, 0.05) is 25.8 Å². The first-order valence-electron chi connectivity index (χ1n) is 6.62. The number of aromatic carboxylic acids is 1. The predicted molar refractivity (Wildman–Crippen MR) is 72.5 cm³/mol. The Hall–Kier alpha value is -1.69. The van der Waals surface area contributed by atoms with Crippen LogP contribution < -0.4 is 4.90 Å². The Morgan fingerprint density at radius 1 is 1.63 bits per heavy atom. The number of carboxylic acid groups (broad SMARTS) is 1. The number of carbonyl (C=O) groups is 1. The summed E-state index contributed by atoms with van der Waals surface area (Å²) in [5.41, 5.74) is 0.158. The molecule has 1 fully saturated rings. The molecule has 0 aromatic carbocycles. The summed E-state index contributed by atoms with van der Waals surface area (Å²) < 4.78 is 0. The summed E-state index contributed by atoms with van der Waals surface area (Å²) >= 11 is 0. The van der Waals surface area contributed by atoms with E-state index in [1.165, 1.54) is 18.9 Å². The molecule has 2 heterocycles. The van der Waals surface area contributed by atoms with Crippen molar-refractivity contribution in [1.82, 2.24) is 14.9 Å². The number of likely N-dealkylation sites (N-methyl/N-ethyl adjacent to an activating group) is 2. The molecule has 1 aromatic rings. The molecule has 0 amide bonds. The highest BCUT2D eigenvalue weighted by Gasteiger charge is 2.25. The molecular weight excluding hydrogens is 244 g/mol. The van der Waals surface area contributed by atoms with Gasteiger partial charge in [0.2, 0.25) is 0 Å². The monoisotopic (exact) mass is 264 g/mol. The number of aromatic nitrogens is 2. The van der Waals surface area contributed by atoms with E-state index in [1.54, 1.807) is 0 Å². The number of likely N-dealkylation sites (tertiary alicyclic amines) is 1. The molecule has 1 aliphatic heterocycles. The van der Waals surface area contributed by atoms with Crippen LogP contribution >= 0.6 is 0 Å². The summed E-state index contributed by atoms with van der Waals surface area (Å²) in [5, 5.41) is 9.16. The van der Waals surface area contributed by atoms with Crippen molar-refractivity contribution < 1.29 is 9.90 Å². The minimum absolute atomic E-state index is 0.158. The van der Waals surface area contributed by atoms with Crippen molar-refractivity contribution in [2.45, 2.75) is 25.8 Å². The smallest absolute Gasteiger partial charge is 0.341 e. The second kappa shape index (κ2) is 5.97. The van der Waals surface area contributed by atoms with Gasteiger partial charge in [-0.05, 0) is 25.9 Å². The molecule has 1 aliphatic rings. The van der Waals surface area contributed by atoms with E-state index in [0.29, 0.717) is 11.9 Å². The Morgan fingerprint density at radius 3 is 3.11 bits per heavy atom. The lowest BCUT2D eigenvalue weighted by Gasteiger charge is -2.28. The standard InChI is InChI=1S/C13H20N4O2/c1-3-17-6-4-5-10(17)8-16(2)12-11(13(18)19)7-14-9-15-12/h7,9-10H,3-6,8H2,1-2H3,(H,18,19). The summed E-state index contributed by atoms with van der Waals surface area (Å²) in [6.07, 6.45) is 5.12. The molecule has 0 aliphatic carbocycles. The summed E-state index contributed by atoms with van der Waals surface area (Å²) in [6.45, 7) is 5.12. The highest BCUT2D eigenvalue weighted by molar-refractivity contribution is 5.92. The lowest BCUT2D eigenvalue weighted by molar-refractivity contribution is 0.0696. The van der Waals surface area contributed by atoms with Crippen LogP contribution in [0, 0.1) is 0 Å². The number of hydrogen-bond acceptors (Lipinski definition) is 5. The van der Waals surface area contributed by atoms with E-state index in [2.05, 4.69) is 21.8 Å². The minimum Gasteiger partial charge on any atom is -0.477 e. The van der Waals surface area contributed by atoms with Gasteiger partial charge in [-0.3, -0.25) is 4.90 Å². The molecule has 0 spiro atoms. The Morgan fingerprint density at radius 2 is 2.42 bits per heavy atom. The molecule has 0 bridgehead atoms. The van der Waals surface area contributed by atoms with Crippen LogP contribution in [-0.4, -0.2) is 58.7 Å². The average molecular weight is 264 g/mol. The van der Waals surface area contributed by atoms with Crippen LogP contribution in [0.1, 0.15) is 30.1 Å². The van der Waals surface area contributed by atoms with E-state index in [9.17, 15) is 4.79 Å². The van der Waals surface area contributed by atoms with Crippen LogP contribution in [0.4, 0.5) is 5.82 Å². The van der Waals surface area contributed by atoms with Gasteiger partial charge in [-0.1, -0.05) is 6.92 Å². The van der Waals surface area contributed by atoms with Crippen molar-refractivity contribution in [2.24, 2.45) is 0 Å². The van der Waals surface area contributed by atoms with Crippen LogP contribution in [0.3, 0.4) is 0 Å². The Kier molecular flexibility index (Phi) is 4.31. The van der Waals surface area contributed by atoms with Crippen LogP contribution in [0.15, 0.2) is 12.5 Å². The Balaban J connectivity index is 2.11. The van der Waals surface area contributed by atoms with Gasteiger partial charge in [-0.2, -0.15) is 0 Å². The topological polar surface area (TPSA) is 69.6 Å². The summed E-state index contributed by atoms with van der Waals surface area (Å²) in [7, 11) is 1.89. The molecule has 19 heavy (non-hydrogen) atoms. The lowest BCUT2D eigenvalue weighted by atomic mass is 10.2. The van der Waals surface area contributed by atoms with E-state index >= 15 is 0 Å². The van der Waals surface area contributed by atoms with Gasteiger partial charge in [-0.15, -0.1) is 0 Å². The van der Waals surface area contributed by atoms with E-state index in [4.69, 9.17) is 5.11 Å². The maximum Gasteiger partial charge on any atom is 0.341 e. The molecule has 104 valence electrons. The van der Waals surface area contributed by atoms with Crippen LogP contribution in [0.5, 0.6) is 0 Å². The normalized spacial score (nSPS) is 19.6. The van der Waals surface area contributed by atoms with E-state index in [1.807, 2.05) is 11.9 Å². The Labute approximate surface area is 113 Å². The fraction of sp³-hybridized carbons (Fsp3) is 0.615. The number of carboxylic acids is 1. The van der Waals surface area contributed by atoms with Crippen LogP contribution in [0.2, 0.25) is 0 Å². The number of nitrogens with zero attached hydrogens (tertiary/aromatic N) is 4.